The van der Waals surface area contributed by atoms with E-state index in [0.29, 0.717) is 12.8 Å². The second kappa shape index (κ2) is 22.1. The first-order valence-corrected chi connectivity index (χ1v) is 21.7. The number of aliphatic carboxylic acids is 1. The van der Waals surface area contributed by atoms with Crippen molar-refractivity contribution in [2.75, 3.05) is 27.4 Å². The van der Waals surface area contributed by atoms with Gasteiger partial charge >= 0.3 is 17.9 Å². The highest BCUT2D eigenvalue weighted by atomic mass is 16.7. The van der Waals surface area contributed by atoms with Crippen LogP contribution >= 0.6 is 0 Å². The summed E-state index contributed by atoms with van der Waals surface area (Å²) in [5.41, 5.74) is 0. The second-order valence-electron chi connectivity index (χ2n) is 17.9. The third-order valence-corrected chi connectivity index (χ3v) is 13.8. The first-order chi connectivity index (χ1) is 30.3. The van der Waals surface area contributed by atoms with Gasteiger partial charge in [0.05, 0.1) is 61.0 Å². The maximum absolute atomic E-state index is 12.9. The van der Waals surface area contributed by atoms with Crippen LogP contribution in [0.3, 0.4) is 0 Å². The Hall–Kier alpha value is -2.53. The predicted octanol–water partition coefficient (Wildman–Crippen LogP) is -5.02. The summed E-state index contributed by atoms with van der Waals surface area (Å²) in [5, 5.41) is 129. The van der Waals surface area contributed by atoms with Gasteiger partial charge in [-0.1, -0.05) is 6.08 Å². The van der Waals surface area contributed by atoms with Crippen LogP contribution in [0.15, 0.2) is 12.2 Å². The van der Waals surface area contributed by atoms with E-state index in [0.717, 1.165) is 0 Å². The van der Waals surface area contributed by atoms with Crippen molar-refractivity contribution in [3.05, 3.63) is 12.2 Å². The highest BCUT2D eigenvalue weighted by Crippen LogP contribution is 2.48. The molecule has 0 aromatic heterocycles. The van der Waals surface area contributed by atoms with E-state index < -0.39 is 178 Å². The summed E-state index contributed by atoms with van der Waals surface area (Å²) in [6.45, 7) is -1.32. The van der Waals surface area contributed by atoms with Crippen molar-refractivity contribution < 1.29 is 114 Å². The van der Waals surface area contributed by atoms with Crippen molar-refractivity contribution in [2.24, 2.45) is 23.7 Å². The molecule has 3 aliphatic heterocycles. The van der Waals surface area contributed by atoms with Gasteiger partial charge in [0.2, 0.25) is 0 Å². The molecule has 0 radical (unpaired) electrons. The van der Waals surface area contributed by atoms with Gasteiger partial charge in [0.25, 0.3) is 0 Å². The Morgan fingerprint density at radius 3 is 1.83 bits per heavy atom. The largest absolute Gasteiger partial charge is 0.481 e. The molecule has 0 spiro atoms. The maximum Gasteiger partial charge on any atom is 0.330 e. The number of esters is 2. The van der Waals surface area contributed by atoms with Crippen molar-refractivity contribution in [2.45, 2.75) is 174 Å². The van der Waals surface area contributed by atoms with Crippen molar-refractivity contribution in [3.8, 4) is 0 Å². The molecule has 23 nitrogen and oxygen atoms in total. The Bertz CT molecular complexity index is 1570. The molecule has 6 aliphatic rings. The summed E-state index contributed by atoms with van der Waals surface area (Å²) in [4.78, 5) is 35.7. The van der Waals surface area contributed by atoms with Gasteiger partial charge in [-0.25, -0.2) is 4.79 Å². The Kier molecular flexibility index (Phi) is 17.5. The van der Waals surface area contributed by atoms with Gasteiger partial charge in [0.15, 0.2) is 6.29 Å². The molecule has 12 N–H and O–H groups in total. The number of carboxylic acid groups (broad SMARTS) is 1. The molecule has 22 atom stereocenters. The topological polar surface area (TPSA) is 368 Å². The number of aliphatic hydroxyl groups excluding tert-OH is 11. The number of ether oxygens (including phenoxy) is 8. The highest BCUT2D eigenvalue weighted by molar-refractivity contribution is 5.90. The molecule has 0 bridgehead atoms. The lowest BCUT2D eigenvalue weighted by Gasteiger charge is -2.56. The number of hydrogen-bond donors (Lipinski definition) is 12. The Morgan fingerprint density at radius 2 is 1.20 bits per heavy atom. The second-order valence-corrected chi connectivity index (χ2v) is 17.9. The molecule has 3 saturated heterocycles. The summed E-state index contributed by atoms with van der Waals surface area (Å²) < 4.78 is 45.9. The molecule has 0 amide bonds. The van der Waals surface area contributed by atoms with E-state index in [1.165, 1.54) is 20.3 Å². The predicted molar refractivity (Wildman–Crippen MR) is 208 cm³/mol. The summed E-state index contributed by atoms with van der Waals surface area (Å²) in [6, 6.07) is 0. The molecule has 64 heavy (non-hydrogen) atoms. The summed E-state index contributed by atoms with van der Waals surface area (Å²) >= 11 is 0. The zero-order chi connectivity index (χ0) is 46.7. The minimum absolute atomic E-state index is 0.0194. The molecular weight excluding hydrogens is 860 g/mol. The van der Waals surface area contributed by atoms with Crippen molar-refractivity contribution in [1.29, 1.82) is 0 Å². The Labute approximate surface area is 368 Å². The molecule has 6 rings (SSSR count). The van der Waals surface area contributed by atoms with Crippen molar-refractivity contribution in [3.63, 3.8) is 0 Å². The molecule has 0 aromatic rings. The van der Waals surface area contributed by atoms with E-state index >= 15 is 0 Å². The van der Waals surface area contributed by atoms with Gasteiger partial charge < -0.3 is 99.2 Å². The van der Waals surface area contributed by atoms with E-state index in [1.54, 1.807) is 6.08 Å². The van der Waals surface area contributed by atoms with Gasteiger partial charge in [0.1, 0.15) is 74.6 Å². The van der Waals surface area contributed by atoms with Gasteiger partial charge in [-0.2, -0.15) is 0 Å². The molecule has 3 aliphatic carbocycles. The Morgan fingerprint density at radius 1 is 0.578 bits per heavy atom. The van der Waals surface area contributed by atoms with Crippen LogP contribution in [0.5, 0.6) is 0 Å². The highest BCUT2D eigenvalue weighted by Gasteiger charge is 2.59. The number of methoxy groups -OCH3 is 2. The molecule has 23 heteroatoms. The fraction of sp³-hybridized carbons (Fsp3) is 0.878. The van der Waals surface area contributed by atoms with E-state index in [9.17, 15) is 70.6 Å². The van der Waals surface area contributed by atoms with Crippen LogP contribution in [0, 0.1) is 23.7 Å². The summed E-state index contributed by atoms with van der Waals surface area (Å²) in [6.07, 6.45) is -24.9. The molecular formula is C41H64O23. The van der Waals surface area contributed by atoms with Gasteiger partial charge in [0, 0.05) is 38.6 Å². The summed E-state index contributed by atoms with van der Waals surface area (Å²) in [5.74, 6) is -6.41. The average Bonchev–Trinajstić information content (AvgIpc) is 3.25. The SMILES string of the molecule is COC1CC(C=CC(=O)OC[C@H]2OC(C3C(O)CC(O)C4CC(O[C@@H]5O[C@H](COC(=O)CC(=O)O)[C@@H](O)[C@H](O)[C@H]5O)C(C5CCC(O)C(O)C5)OC43)[C@H](O)[C@@H](O)[C@@H]2O)CC(OC)C1O. The summed E-state index contributed by atoms with van der Waals surface area (Å²) in [7, 11) is 2.91. The number of allylic oxidation sites excluding steroid dienone is 1. The zero-order valence-corrected chi connectivity index (χ0v) is 35.4. The molecule has 0 aromatic carbocycles. The van der Waals surface area contributed by atoms with Crippen LogP contribution in [-0.2, 0) is 52.3 Å². The van der Waals surface area contributed by atoms with Crippen LogP contribution in [0.1, 0.15) is 51.4 Å². The van der Waals surface area contributed by atoms with E-state index in [-0.39, 0.29) is 38.0 Å². The third kappa shape index (κ3) is 11.4. The number of carbonyl (C=O) groups excluding carboxylic acids is 2. The van der Waals surface area contributed by atoms with E-state index in [1.807, 2.05) is 0 Å². The standard InChI is InChI=1S/C41H64O23/c1-57-22-7-15(8-23(58-2)31(22)50)3-6-28(48)59-13-25-32(51)34(53)36(55)40(61-25)30-21(45)11-19(43)17-10-24(38(64-39(17)30)16-4-5-18(42)20(44)9-16)62-41-37(56)35(54)33(52)26(63-41)14-60-29(49)12-27(46)47/h3,6,15-26,30-45,50-56H,4-5,7-14H2,1-2H3,(H,46,47)/t15?,16?,17?,18?,19?,20?,21?,22?,23?,24?,25-,26-,30?,31?,32-,33-,34+,35+,36-,37-,38?,39?,40?,41-/m1/s1. The van der Waals surface area contributed by atoms with Gasteiger partial charge in [-0.3, -0.25) is 9.59 Å². The molecule has 366 valence electrons. The number of carbonyl (C=O) groups is 3. The van der Waals surface area contributed by atoms with Gasteiger partial charge in [-0.15, -0.1) is 0 Å². The lowest BCUT2D eigenvalue weighted by Crippen LogP contribution is -2.68. The zero-order valence-electron chi connectivity index (χ0n) is 35.4. The van der Waals surface area contributed by atoms with Crippen LogP contribution in [0.25, 0.3) is 0 Å². The number of hydrogen-bond acceptors (Lipinski definition) is 22. The van der Waals surface area contributed by atoms with Crippen LogP contribution in [0.4, 0.5) is 0 Å². The lowest BCUT2D eigenvalue weighted by atomic mass is 9.66. The van der Waals surface area contributed by atoms with Crippen molar-refractivity contribution >= 4 is 17.9 Å². The fourth-order valence-electron chi connectivity index (χ4n) is 10.3. The quantitative estimate of drug-likeness (QED) is 0.0441. The number of rotatable bonds is 14. The van der Waals surface area contributed by atoms with Gasteiger partial charge in [-0.05, 0) is 50.4 Å². The number of carboxylic acids is 1. The Balaban J connectivity index is 1.19. The molecule has 3 heterocycles. The van der Waals surface area contributed by atoms with Crippen LogP contribution in [0.2, 0.25) is 0 Å². The first kappa shape index (κ1) is 50.9. The van der Waals surface area contributed by atoms with E-state index in [2.05, 4.69) is 0 Å². The third-order valence-electron chi connectivity index (χ3n) is 13.8. The molecule has 13 unspecified atom stereocenters. The first-order valence-electron chi connectivity index (χ1n) is 21.7. The monoisotopic (exact) mass is 924 g/mol. The average molecular weight is 925 g/mol. The molecule has 6 fully saturated rings. The lowest BCUT2D eigenvalue weighted by molar-refractivity contribution is -0.341. The number of aliphatic hydroxyl groups is 11. The minimum atomic E-state index is -1.90. The van der Waals surface area contributed by atoms with Crippen LogP contribution < -0.4 is 0 Å². The molecule has 3 saturated carbocycles. The van der Waals surface area contributed by atoms with Crippen LogP contribution in [-0.4, -0.2) is 229 Å². The van der Waals surface area contributed by atoms with E-state index in [4.69, 9.17) is 43.0 Å². The smallest absolute Gasteiger partial charge is 0.330 e. The van der Waals surface area contributed by atoms with Crippen molar-refractivity contribution in [1.82, 2.24) is 0 Å². The maximum atomic E-state index is 12.9. The normalized spacial score (nSPS) is 47.7. The fourth-order valence-corrected chi connectivity index (χ4v) is 10.3. The minimum Gasteiger partial charge on any atom is -0.481 e. The number of fused-ring (bicyclic) bond motifs is 1.